The number of anilines is 2. The molecule has 0 atom stereocenters. The number of halogens is 1. The van der Waals surface area contributed by atoms with Gasteiger partial charge in [0, 0.05) is 51.0 Å². The van der Waals surface area contributed by atoms with Crippen LogP contribution in [0.4, 0.5) is 11.1 Å². The summed E-state index contributed by atoms with van der Waals surface area (Å²) in [6.07, 6.45) is 6.38. The summed E-state index contributed by atoms with van der Waals surface area (Å²) < 4.78 is 0. The number of amides is 1. The van der Waals surface area contributed by atoms with Crippen molar-refractivity contribution < 1.29 is 4.79 Å². The van der Waals surface area contributed by atoms with E-state index in [4.69, 9.17) is 11.6 Å². The number of carbonyl (C=O) groups is 1. The number of likely N-dealkylation sites (N-methyl/N-ethyl adjacent to an activating group) is 1. The lowest BCUT2D eigenvalue weighted by Crippen LogP contribution is -2.48. The summed E-state index contributed by atoms with van der Waals surface area (Å²) >= 11 is 7.23. The first-order valence-electron chi connectivity index (χ1n) is 9.18. The number of nitrogens with zero attached hydrogens (tertiary/aromatic N) is 7. The molecule has 4 rings (SSSR count). The highest BCUT2D eigenvalue weighted by atomic mass is 35.5. The summed E-state index contributed by atoms with van der Waals surface area (Å²) in [5.41, 5.74) is 1.18. The Labute approximate surface area is 176 Å². The highest BCUT2D eigenvalue weighted by Crippen LogP contribution is 2.29. The van der Waals surface area contributed by atoms with Gasteiger partial charge in [0.2, 0.25) is 11.2 Å². The molecule has 29 heavy (non-hydrogen) atoms. The van der Waals surface area contributed by atoms with E-state index in [1.165, 1.54) is 11.3 Å². The van der Waals surface area contributed by atoms with E-state index in [1.807, 2.05) is 4.90 Å². The predicted molar refractivity (Wildman–Crippen MR) is 111 cm³/mol. The first-order chi connectivity index (χ1) is 14.1. The normalized spacial score (nSPS) is 14.8. The molecule has 0 unspecified atom stereocenters. The Morgan fingerprint density at radius 3 is 2.59 bits per heavy atom. The topological polar surface area (TPSA) is 100 Å². The van der Waals surface area contributed by atoms with Crippen molar-refractivity contribution in [2.45, 2.75) is 6.92 Å². The molecule has 1 aliphatic heterocycles. The number of rotatable bonds is 5. The Hall–Kier alpha value is -2.69. The van der Waals surface area contributed by atoms with Gasteiger partial charge >= 0.3 is 0 Å². The maximum absolute atomic E-state index is 12.6. The van der Waals surface area contributed by atoms with Crippen molar-refractivity contribution in [1.29, 1.82) is 0 Å². The minimum absolute atomic E-state index is 0.0375. The van der Waals surface area contributed by atoms with Crippen molar-refractivity contribution in [3.05, 3.63) is 41.7 Å². The van der Waals surface area contributed by atoms with Crippen LogP contribution in [0.1, 0.15) is 17.3 Å². The van der Waals surface area contributed by atoms with Crippen molar-refractivity contribution >= 4 is 39.9 Å². The molecule has 0 radical (unpaired) electrons. The van der Waals surface area contributed by atoms with Crippen LogP contribution in [0, 0.1) is 0 Å². The van der Waals surface area contributed by atoms with Crippen molar-refractivity contribution in [1.82, 2.24) is 34.7 Å². The molecule has 0 aromatic carbocycles. The SMILES string of the molecule is CCN1CCN(C(=O)c2cnc(Nc3ncc(-c4ccnc(Cl)n4)s3)nc2)CC1. The zero-order valence-electron chi connectivity index (χ0n) is 15.7. The summed E-state index contributed by atoms with van der Waals surface area (Å²) in [5, 5.41) is 3.85. The fourth-order valence-electron chi connectivity index (χ4n) is 2.97. The van der Waals surface area contributed by atoms with Gasteiger partial charge < -0.3 is 15.1 Å². The number of nitrogens with one attached hydrogen (secondary N) is 1. The Kier molecular flexibility index (Phi) is 5.93. The second kappa shape index (κ2) is 8.76. The molecule has 9 nitrogen and oxygen atoms in total. The average Bonchev–Trinajstić information content (AvgIpc) is 3.22. The molecule has 3 aromatic rings. The fraction of sp³-hybridized carbons (Fsp3) is 0.333. The number of hydrogen-bond acceptors (Lipinski definition) is 9. The Morgan fingerprint density at radius 1 is 1.14 bits per heavy atom. The Bertz CT molecular complexity index is 988. The summed E-state index contributed by atoms with van der Waals surface area (Å²) in [5.74, 6) is 0.337. The van der Waals surface area contributed by atoms with Gasteiger partial charge in [-0.05, 0) is 24.2 Å². The van der Waals surface area contributed by atoms with Crippen LogP contribution in [-0.4, -0.2) is 73.4 Å². The van der Waals surface area contributed by atoms with E-state index >= 15 is 0 Å². The summed E-state index contributed by atoms with van der Waals surface area (Å²) in [7, 11) is 0. The van der Waals surface area contributed by atoms with Crippen LogP contribution in [0.25, 0.3) is 10.6 Å². The molecule has 3 aromatic heterocycles. The minimum atomic E-state index is -0.0375. The van der Waals surface area contributed by atoms with E-state index < -0.39 is 0 Å². The van der Waals surface area contributed by atoms with E-state index in [9.17, 15) is 4.79 Å². The number of hydrogen-bond donors (Lipinski definition) is 1. The zero-order chi connectivity index (χ0) is 20.2. The molecule has 0 bridgehead atoms. The Balaban J connectivity index is 1.39. The molecular formula is C18H19ClN8OS. The second-order valence-corrected chi connectivity index (χ2v) is 7.76. The van der Waals surface area contributed by atoms with Gasteiger partial charge in [-0.1, -0.05) is 18.3 Å². The first kappa shape index (κ1) is 19.6. The molecule has 1 aliphatic rings. The average molecular weight is 431 g/mol. The van der Waals surface area contributed by atoms with Crippen LogP contribution in [0.5, 0.6) is 0 Å². The van der Waals surface area contributed by atoms with Gasteiger partial charge in [0.25, 0.3) is 5.91 Å². The largest absolute Gasteiger partial charge is 0.336 e. The number of carbonyl (C=O) groups excluding carboxylic acids is 1. The molecular weight excluding hydrogens is 412 g/mol. The van der Waals surface area contributed by atoms with E-state index in [0.717, 1.165) is 37.6 Å². The van der Waals surface area contributed by atoms with Crippen LogP contribution in [-0.2, 0) is 0 Å². The van der Waals surface area contributed by atoms with Gasteiger partial charge in [-0.15, -0.1) is 0 Å². The molecule has 1 N–H and O–H groups in total. The standard InChI is InChI=1S/C18H19ClN8OS/c1-2-26-5-7-27(8-6-26)15(28)12-9-21-17(22-10-12)25-18-23-11-14(29-18)13-3-4-20-16(19)24-13/h3-4,9-11H,2,5-8H2,1H3,(H,21,22,23,25). The third-order valence-corrected chi connectivity index (χ3v) is 5.73. The Morgan fingerprint density at radius 2 is 1.90 bits per heavy atom. The van der Waals surface area contributed by atoms with Gasteiger partial charge in [-0.25, -0.2) is 24.9 Å². The maximum Gasteiger partial charge on any atom is 0.257 e. The van der Waals surface area contributed by atoms with Crippen LogP contribution in [0.2, 0.25) is 5.28 Å². The monoisotopic (exact) mass is 430 g/mol. The maximum atomic E-state index is 12.6. The zero-order valence-corrected chi connectivity index (χ0v) is 17.3. The highest BCUT2D eigenvalue weighted by molar-refractivity contribution is 7.18. The lowest BCUT2D eigenvalue weighted by atomic mass is 10.2. The third kappa shape index (κ3) is 4.66. The van der Waals surface area contributed by atoms with Gasteiger partial charge in [0.15, 0.2) is 5.13 Å². The predicted octanol–water partition coefficient (Wildman–Crippen LogP) is 2.56. The first-order valence-corrected chi connectivity index (χ1v) is 10.4. The van der Waals surface area contributed by atoms with Crippen molar-refractivity contribution in [3.8, 4) is 10.6 Å². The minimum Gasteiger partial charge on any atom is -0.336 e. The summed E-state index contributed by atoms with van der Waals surface area (Å²) in [6.45, 7) is 6.38. The van der Waals surface area contributed by atoms with Gasteiger partial charge in [0.05, 0.1) is 16.1 Å². The third-order valence-electron chi connectivity index (χ3n) is 4.61. The van der Waals surface area contributed by atoms with Crippen LogP contribution >= 0.6 is 22.9 Å². The van der Waals surface area contributed by atoms with Crippen LogP contribution in [0.15, 0.2) is 30.9 Å². The van der Waals surface area contributed by atoms with Gasteiger partial charge in [-0.3, -0.25) is 4.79 Å². The molecule has 0 spiro atoms. The molecule has 1 fully saturated rings. The lowest BCUT2D eigenvalue weighted by Gasteiger charge is -2.33. The smallest absolute Gasteiger partial charge is 0.257 e. The number of aromatic nitrogens is 5. The second-order valence-electron chi connectivity index (χ2n) is 6.39. The van der Waals surface area contributed by atoms with E-state index in [0.29, 0.717) is 22.3 Å². The molecule has 1 amide bonds. The van der Waals surface area contributed by atoms with Crippen molar-refractivity contribution in [2.24, 2.45) is 0 Å². The van der Waals surface area contributed by atoms with Crippen molar-refractivity contribution in [2.75, 3.05) is 38.0 Å². The van der Waals surface area contributed by atoms with E-state index in [2.05, 4.69) is 42.1 Å². The van der Waals surface area contributed by atoms with E-state index in [-0.39, 0.29) is 11.2 Å². The molecule has 1 saturated heterocycles. The fourth-order valence-corrected chi connectivity index (χ4v) is 3.90. The highest BCUT2D eigenvalue weighted by Gasteiger charge is 2.21. The summed E-state index contributed by atoms with van der Waals surface area (Å²) in [4.78, 5) is 38.5. The van der Waals surface area contributed by atoms with Crippen molar-refractivity contribution in [3.63, 3.8) is 0 Å². The molecule has 4 heterocycles. The number of piperazine rings is 1. The molecule has 0 saturated carbocycles. The quantitative estimate of drug-likeness (QED) is 0.616. The molecule has 0 aliphatic carbocycles. The number of thiazole rings is 1. The lowest BCUT2D eigenvalue weighted by molar-refractivity contribution is 0.0642. The van der Waals surface area contributed by atoms with Gasteiger partial charge in [0.1, 0.15) is 0 Å². The summed E-state index contributed by atoms with van der Waals surface area (Å²) in [6, 6.07) is 1.76. The van der Waals surface area contributed by atoms with Crippen LogP contribution < -0.4 is 5.32 Å². The van der Waals surface area contributed by atoms with Gasteiger partial charge in [-0.2, -0.15) is 0 Å². The van der Waals surface area contributed by atoms with E-state index in [1.54, 1.807) is 30.9 Å². The molecule has 11 heteroatoms. The molecule has 150 valence electrons. The van der Waals surface area contributed by atoms with Crippen LogP contribution in [0.3, 0.4) is 0 Å².